The number of carbonyl (C=O) groups excluding carboxylic acids is 1. The highest BCUT2D eigenvalue weighted by Gasteiger charge is 2.22. The van der Waals surface area contributed by atoms with Gasteiger partial charge in [0.25, 0.3) is 0 Å². The first kappa shape index (κ1) is 18.9. The molecule has 0 aliphatic heterocycles. The molecule has 0 aliphatic rings. The molecule has 0 aliphatic carbocycles. The molecular formula is C20H25FN2O2. The fourth-order valence-electron chi connectivity index (χ4n) is 2.96. The molecule has 25 heavy (non-hydrogen) atoms. The van der Waals surface area contributed by atoms with Crippen LogP contribution >= 0.6 is 0 Å². The third-order valence-electron chi connectivity index (χ3n) is 4.19. The van der Waals surface area contributed by atoms with Crippen molar-refractivity contribution >= 4 is 5.91 Å². The van der Waals surface area contributed by atoms with Gasteiger partial charge in [-0.3, -0.25) is 9.69 Å². The fraction of sp³-hybridized carbons (Fsp3) is 0.350. The molecule has 2 rings (SSSR count). The molecule has 2 aromatic carbocycles. The maximum atomic E-state index is 13.4. The van der Waals surface area contributed by atoms with E-state index in [9.17, 15) is 9.18 Å². The largest absolute Gasteiger partial charge is 0.493 e. The van der Waals surface area contributed by atoms with Gasteiger partial charge in [0.15, 0.2) is 0 Å². The van der Waals surface area contributed by atoms with Crippen LogP contribution in [0.4, 0.5) is 4.39 Å². The molecule has 1 unspecified atom stereocenters. The summed E-state index contributed by atoms with van der Waals surface area (Å²) in [6.07, 6.45) is 0.726. The number of nitrogens with two attached hydrogens (primary N) is 1. The van der Waals surface area contributed by atoms with Crippen molar-refractivity contribution in [2.75, 3.05) is 20.2 Å². The Bertz CT molecular complexity index is 713. The molecule has 0 spiro atoms. The predicted molar refractivity (Wildman–Crippen MR) is 97.0 cm³/mol. The minimum Gasteiger partial charge on any atom is -0.493 e. The normalized spacial score (nSPS) is 12.2. The Balaban J connectivity index is 1.93. The van der Waals surface area contributed by atoms with E-state index in [1.165, 1.54) is 12.1 Å². The van der Waals surface area contributed by atoms with Crippen molar-refractivity contribution in [1.82, 2.24) is 4.90 Å². The summed E-state index contributed by atoms with van der Waals surface area (Å²) in [6, 6.07) is 11.4. The van der Waals surface area contributed by atoms with E-state index in [0.717, 1.165) is 23.3 Å². The molecule has 134 valence electrons. The lowest BCUT2D eigenvalue weighted by Crippen LogP contribution is -2.36. The molecule has 4 nitrogen and oxygen atoms in total. The van der Waals surface area contributed by atoms with Gasteiger partial charge in [0.1, 0.15) is 17.6 Å². The standard InChI is InChI=1S/C20H25FN2O2/c1-14-7-4-8-15(2)19(14)25-12-6-11-23(3)18(20(22)24)16-9-5-10-17(21)13-16/h4-5,7-10,13,18H,6,11-12H2,1-3H3,(H2,22,24). The number of halogens is 1. The molecular weight excluding hydrogens is 319 g/mol. The Hall–Kier alpha value is -2.40. The third kappa shape index (κ3) is 5.03. The first-order valence-electron chi connectivity index (χ1n) is 8.34. The van der Waals surface area contributed by atoms with Crippen molar-refractivity contribution in [1.29, 1.82) is 0 Å². The van der Waals surface area contributed by atoms with E-state index >= 15 is 0 Å². The summed E-state index contributed by atoms with van der Waals surface area (Å²) in [5.74, 6) is 0.0287. The van der Waals surface area contributed by atoms with Crippen LogP contribution in [-0.4, -0.2) is 31.0 Å². The van der Waals surface area contributed by atoms with Crippen LogP contribution < -0.4 is 10.5 Å². The maximum Gasteiger partial charge on any atom is 0.239 e. The lowest BCUT2D eigenvalue weighted by Gasteiger charge is -2.26. The molecule has 1 amide bonds. The Morgan fingerprint density at radius 3 is 2.44 bits per heavy atom. The highest BCUT2D eigenvalue weighted by molar-refractivity contribution is 5.81. The zero-order chi connectivity index (χ0) is 18.4. The predicted octanol–water partition coefficient (Wildman–Crippen LogP) is 3.37. The van der Waals surface area contributed by atoms with Crippen LogP contribution in [-0.2, 0) is 4.79 Å². The molecule has 0 heterocycles. The molecule has 0 saturated carbocycles. The molecule has 0 saturated heterocycles. The summed E-state index contributed by atoms with van der Waals surface area (Å²) in [4.78, 5) is 13.6. The van der Waals surface area contributed by atoms with Crippen molar-refractivity contribution in [3.8, 4) is 5.75 Å². The average Bonchev–Trinajstić information content (AvgIpc) is 2.53. The van der Waals surface area contributed by atoms with E-state index < -0.39 is 11.9 Å². The van der Waals surface area contributed by atoms with Gasteiger partial charge in [-0.15, -0.1) is 0 Å². The smallest absolute Gasteiger partial charge is 0.239 e. The zero-order valence-corrected chi connectivity index (χ0v) is 15.0. The van der Waals surface area contributed by atoms with Gasteiger partial charge in [-0.25, -0.2) is 4.39 Å². The van der Waals surface area contributed by atoms with Gasteiger partial charge < -0.3 is 10.5 Å². The molecule has 0 bridgehead atoms. The molecule has 0 aromatic heterocycles. The van der Waals surface area contributed by atoms with Gasteiger partial charge in [-0.2, -0.15) is 0 Å². The number of carbonyl (C=O) groups is 1. The third-order valence-corrected chi connectivity index (χ3v) is 4.19. The van der Waals surface area contributed by atoms with E-state index in [4.69, 9.17) is 10.5 Å². The van der Waals surface area contributed by atoms with Gasteiger partial charge >= 0.3 is 0 Å². The number of hydrogen-bond acceptors (Lipinski definition) is 3. The molecule has 0 fully saturated rings. The van der Waals surface area contributed by atoms with E-state index in [0.29, 0.717) is 18.7 Å². The second kappa shape index (κ2) is 8.62. The highest BCUT2D eigenvalue weighted by Crippen LogP contribution is 2.23. The van der Waals surface area contributed by atoms with Gasteiger partial charge in [0.05, 0.1) is 6.61 Å². The van der Waals surface area contributed by atoms with Gasteiger partial charge in [0, 0.05) is 6.54 Å². The van der Waals surface area contributed by atoms with Crippen LogP contribution in [0.3, 0.4) is 0 Å². The number of rotatable bonds is 8. The van der Waals surface area contributed by atoms with Crippen LogP contribution in [0.1, 0.15) is 29.2 Å². The second-order valence-corrected chi connectivity index (χ2v) is 6.26. The van der Waals surface area contributed by atoms with Gasteiger partial charge in [-0.1, -0.05) is 30.3 Å². The molecule has 5 heteroatoms. The van der Waals surface area contributed by atoms with E-state index in [1.54, 1.807) is 19.2 Å². The van der Waals surface area contributed by atoms with Crippen LogP contribution in [0.25, 0.3) is 0 Å². The zero-order valence-electron chi connectivity index (χ0n) is 15.0. The molecule has 2 N–H and O–H groups in total. The Morgan fingerprint density at radius 2 is 1.84 bits per heavy atom. The Kier molecular flexibility index (Phi) is 6.53. The first-order chi connectivity index (χ1) is 11.9. The number of aryl methyl sites for hydroxylation is 2. The maximum absolute atomic E-state index is 13.4. The van der Waals surface area contributed by atoms with Crippen molar-refractivity contribution in [2.45, 2.75) is 26.3 Å². The summed E-state index contributed by atoms with van der Waals surface area (Å²) in [6.45, 7) is 5.17. The fourth-order valence-corrected chi connectivity index (χ4v) is 2.96. The monoisotopic (exact) mass is 344 g/mol. The quantitative estimate of drug-likeness (QED) is 0.747. The van der Waals surface area contributed by atoms with Gasteiger partial charge in [0.2, 0.25) is 5.91 Å². The topological polar surface area (TPSA) is 55.6 Å². The van der Waals surface area contributed by atoms with Crippen molar-refractivity contribution in [3.05, 3.63) is 65.0 Å². The number of likely N-dealkylation sites (N-methyl/N-ethyl adjacent to an activating group) is 1. The second-order valence-electron chi connectivity index (χ2n) is 6.26. The number of hydrogen-bond donors (Lipinski definition) is 1. The van der Waals surface area contributed by atoms with E-state index in [-0.39, 0.29) is 5.82 Å². The highest BCUT2D eigenvalue weighted by atomic mass is 19.1. The van der Waals surface area contributed by atoms with E-state index in [2.05, 4.69) is 0 Å². The summed E-state index contributed by atoms with van der Waals surface area (Å²) in [5.41, 5.74) is 8.28. The lowest BCUT2D eigenvalue weighted by molar-refractivity contribution is -0.123. The summed E-state index contributed by atoms with van der Waals surface area (Å²) >= 11 is 0. The number of para-hydroxylation sites is 1. The number of nitrogens with zero attached hydrogens (tertiary/aromatic N) is 1. The number of benzene rings is 2. The Labute approximate surface area is 148 Å². The number of amides is 1. The van der Waals surface area contributed by atoms with Crippen molar-refractivity contribution < 1.29 is 13.9 Å². The molecule has 1 atom stereocenters. The van der Waals surface area contributed by atoms with Crippen molar-refractivity contribution in [3.63, 3.8) is 0 Å². The average molecular weight is 344 g/mol. The van der Waals surface area contributed by atoms with Crippen molar-refractivity contribution in [2.24, 2.45) is 5.73 Å². The number of ether oxygens (including phenoxy) is 1. The number of primary amides is 1. The van der Waals surface area contributed by atoms with Crippen LogP contribution in [0.2, 0.25) is 0 Å². The summed E-state index contributed by atoms with van der Waals surface area (Å²) in [7, 11) is 1.80. The lowest BCUT2D eigenvalue weighted by atomic mass is 10.0. The SMILES string of the molecule is Cc1cccc(C)c1OCCCN(C)C(C(N)=O)c1cccc(F)c1. The Morgan fingerprint density at radius 1 is 1.20 bits per heavy atom. The minimum atomic E-state index is -0.657. The first-order valence-corrected chi connectivity index (χ1v) is 8.34. The molecule has 2 aromatic rings. The summed E-state index contributed by atoms with van der Waals surface area (Å²) in [5, 5.41) is 0. The van der Waals surface area contributed by atoms with Gasteiger partial charge in [-0.05, 0) is 56.1 Å². The minimum absolute atomic E-state index is 0.379. The summed E-state index contributed by atoms with van der Waals surface area (Å²) < 4.78 is 19.3. The molecule has 0 radical (unpaired) electrons. The van der Waals surface area contributed by atoms with E-state index in [1.807, 2.05) is 36.9 Å². The van der Waals surface area contributed by atoms with Crippen LogP contribution in [0.5, 0.6) is 5.75 Å². The van der Waals surface area contributed by atoms with Crippen LogP contribution in [0.15, 0.2) is 42.5 Å². The van der Waals surface area contributed by atoms with Crippen LogP contribution in [0, 0.1) is 19.7 Å².